The zero-order valence-electron chi connectivity index (χ0n) is 15.5. The van der Waals surface area contributed by atoms with Crippen LogP contribution in [0.5, 0.6) is 0 Å². The van der Waals surface area contributed by atoms with E-state index in [1.54, 1.807) is 7.11 Å². The summed E-state index contributed by atoms with van der Waals surface area (Å²) in [6.07, 6.45) is 0.237. The number of amides is 1. The molecule has 2 aromatic carbocycles. The Morgan fingerprint density at radius 1 is 1.04 bits per heavy atom. The fourth-order valence-electron chi connectivity index (χ4n) is 2.78. The van der Waals surface area contributed by atoms with Crippen LogP contribution in [0, 0.1) is 6.92 Å². The smallest absolute Gasteiger partial charge is 0.254 e. The zero-order valence-corrected chi connectivity index (χ0v) is 15.5. The number of nitrogens with one attached hydrogen (secondary N) is 1. The summed E-state index contributed by atoms with van der Waals surface area (Å²) in [7, 11) is 5.64. The third-order valence-electron chi connectivity index (χ3n) is 4.24. The minimum Gasteiger partial charge on any atom is -0.367 e. The molecule has 0 saturated carbocycles. The predicted molar refractivity (Wildman–Crippen MR) is 101 cm³/mol. The lowest BCUT2D eigenvalue weighted by atomic mass is 10.0. The van der Waals surface area contributed by atoms with Gasteiger partial charge in [0.1, 0.15) is 0 Å². The molecule has 2 rings (SSSR count). The summed E-state index contributed by atoms with van der Waals surface area (Å²) >= 11 is 0. The third kappa shape index (κ3) is 5.69. The summed E-state index contributed by atoms with van der Waals surface area (Å²) in [5.41, 5.74) is 3.18. The summed E-state index contributed by atoms with van der Waals surface area (Å²) < 4.78 is 5.46. The van der Waals surface area contributed by atoms with Gasteiger partial charge in [0.15, 0.2) is 6.10 Å². The number of nitrogens with zero attached hydrogens (tertiary/aromatic N) is 1. The maximum absolute atomic E-state index is 12.8. The number of hydrogen-bond donors (Lipinski definition) is 1. The number of carbonyl (C=O) groups excluding carboxylic acids is 1. The second-order valence-corrected chi connectivity index (χ2v) is 6.59. The van der Waals surface area contributed by atoms with Gasteiger partial charge in [0.25, 0.3) is 5.91 Å². The van der Waals surface area contributed by atoms with Gasteiger partial charge >= 0.3 is 0 Å². The predicted octanol–water partition coefficient (Wildman–Crippen LogP) is 3.49. The first-order chi connectivity index (χ1) is 12.0. The number of ether oxygens (including phenoxy) is 1. The summed E-state index contributed by atoms with van der Waals surface area (Å²) in [6.45, 7) is 2.95. The Balaban J connectivity index is 2.16. The van der Waals surface area contributed by atoms with Gasteiger partial charge in [-0.3, -0.25) is 4.79 Å². The molecule has 25 heavy (non-hydrogen) atoms. The molecule has 134 valence electrons. The molecule has 0 aliphatic rings. The molecule has 4 heteroatoms. The van der Waals surface area contributed by atoms with Crippen LogP contribution in [-0.2, 0) is 9.53 Å². The molecule has 0 fully saturated rings. The number of carbonyl (C=O) groups is 1. The van der Waals surface area contributed by atoms with Crippen LogP contribution in [0.2, 0.25) is 0 Å². The van der Waals surface area contributed by atoms with Gasteiger partial charge < -0.3 is 15.0 Å². The Hall–Kier alpha value is -2.17. The molecule has 2 aromatic rings. The Labute approximate surface area is 150 Å². The van der Waals surface area contributed by atoms with Gasteiger partial charge in [0, 0.05) is 7.11 Å². The van der Waals surface area contributed by atoms with Crippen molar-refractivity contribution in [2.75, 3.05) is 27.7 Å². The summed E-state index contributed by atoms with van der Waals surface area (Å²) in [6, 6.07) is 17.9. The molecular formula is C21H28N2O2. The first-order valence-corrected chi connectivity index (χ1v) is 8.60. The average Bonchev–Trinajstić information content (AvgIpc) is 2.61. The van der Waals surface area contributed by atoms with Crippen LogP contribution in [0.4, 0.5) is 0 Å². The summed E-state index contributed by atoms with van der Waals surface area (Å²) in [5, 5.41) is 3.17. The van der Waals surface area contributed by atoms with Crippen molar-refractivity contribution >= 4 is 5.91 Å². The lowest BCUT2D eigenvalue weighted by Crippen LogP contribution is -2.35. The number of aryl methyl sites for hydroxylation is 1. The van der Waals surface area contributed by atoms with Crippen molar-refractivity contribution < 1.29 is 9.53 Å². The molecule has 4 nitrogen and oxygen atoms in total. The van der Waals surface area contributed by atoms with E-state index in [0.717, 1.165) is 24.1 Å². The Bertz CT molecular complexity index is 653. The Kier molecular flexibility index (Phi) is 7.16. The van der Waals surface area contributed by atoms with Gasteiger partial charge in [-0.25, -0.2) is 0 Å². The topological polar surface area (TPSA) is 41.6 Å². The number of hydrogen-bond acceptors (Lipinski definition) is 3. The van der Waals surface area contributed by atoms with Crippen molar-refractivity contribution in [1.82, 2.24) is 10.2 Å². The summed E-state index contributed by atoms with van der Waals surface area (Å²) in [5.74, 6) is -0.113. The highest BCUT2D eigenvalue weighted by molar-refractivity contribution is 5.82. The number of rotatable bonds is 8. The van der Waals surface area contributed by atoms with E-state index in [4.69, 9.17) is 4.74 Å². The number of methoxy groups -OCH3 is 1. The second-order valence-electron chi connectivity index (χ2n) is 6.59. The van der Waals surface area contributed by atoms with E-state index in [9.17, 15) is 4.79 Å². The average molecular weight is 340 g/mol. The highest BCUT2D eigenvalue weighted by Crippen LogP contribution is 2.22. The largest absolute Gasteiger partial charge is 0.367 e. The molecule has 1 N–H and O–H groups in total. The molecule has 0 unspecified atom stereocenters. The maximum atomic E-state index is 12.8. The van der Waals surface area contributed by atoms with E-state index in [1.807, 2.05) is 44.4 Å². The quantitative estimate of drug-likeness (QED) is 0.800. The van der Waals surface area contributed by atoms with Crippen LogP contribution in [-0.4, -0.2) is 38.6 Å². The van der Waals surface area contributed by atoms with Gasteiger partial charge in [0.2, 0.25) is 0 Å². The standard InChI is InChI=1S/C21H28N2O2/c1-16-10-12-17(13-11-16)19(14-15-23(2)3)22-21(24)20(25-4)18-8-6-5-7-9-18/h5-13,19-20H,14-15H2,1-4H3,(H,22,24)/t19-,20+/m0/s1. The van der Waals surface area contributed by atoms with Crippen molar-refractivity contribution in [1.29, 1.82) is 0 Å². The van der Waals surface area contributed by atoms with Crippen molar-refractivity contribution in [3.63, 3.8) is 0 Å². The van der Waals surface area contributed by atoms with Gasteiger partial charge in [-0.05, 0) is 45.1 Å². The van der Waals surface area contributed by atoms with E-state index in [0.29, 0.717) is 0 Å². The first-order valence-electron chi connectivity index (χ1n) is 8.60. The van der Waals surface area contributed by atoms with Crippen molar-refractivity contribution in [3.8, 4) is 0 Å². The Morgan fingerprint density at radius 2 is 1.68 bits per heavy atom. The van der Waals surface area contributed by atoms with Gasteiger partial charge in [-0.15, -0.1) is 0 Å². The molecule has 1 amide bonds. The molecule has 0 radical (unpaired) electrons. The summed E-state index contributed by atoms with van der Waals surface area (Å²) in [4.78, 5) is 14.9. The fraction of sp³-hybridized carbons (Fsp3) is 0.381. The van der Waals surface area contributed by atoms with Crippen LogP contribution in [0.15, 0.2) is 54.6 Å². The molecule has 2 atom stereocenters. The molecule has 0 aliphatic heterocycles. The lowest BCUT2D eigenvalue weighted by molar-refractivity contribution is -0.132. The maximum Gasteiger partial charge on any atom is 0.254 e. The molecule has 0 aromatic heterocycles. The van der Waals surface area contributed by atoms with Gasteiger partial charge in [0.05, 0.1) is 6.04 Å². The van der Waals surface area contributed by atoms with Crippen molar-refractivity contribution in [2.24, 2.45) is 0 Å². The van der Waals surface area contributed by atoms with Crippen LogP contribution in [0.1, 0.15) is 35.3 Å². The highest BCUT2D eigenvalue weighted by atomic mass is 16.5. The second kappa shape index (κ2) is 9.35. The molecule has 0 heterocycles. The van der Waals surface area contributed by atoms with E-state index < -0.39 is 6.10 Å². The van der Waals surface area contributed by atoms with E-state index >= 15 is 0 Å². The molecule has 0 bridgehead atoms. The third-order valence-corrected chi connectivity index (χ3v) is 4.24. The zero-order chi connectivity index (χ0) is 18.2. The van der Waals surface area contributed by atoms with E-state index in [2.05, 4.69) is 41.4 Å². The highest BCUT2D eigenvalue weighted by Gasteiger charge is 2.23. The van der Waals surface area contributed by atoms with Gasteiger partial charge in [-0.1, -0.05) is 60.2 Å². The Morgan fingerprint density at radius 3 is 2.24 bits per heavy atom. The van der Waals surface area contributed by atoms with Gasteiger partial charge in [-0.2, -0.15) is 0 Å². The van der Waals surface area contributed by atoms with Crippen molar-refractivity contribution in [2.45, 2.75) is 25.5 Å². The van der Waals surface area contributed by atoms with Crippen LogP contribution >= 0.6 is 0 Å². The van der Waals surface area contributed by atoms with Crippen LogP contribution in [0.3, 0.4) is 0 Å². The lowest BCUT2D eigenvalue weighted by Gasteiger charge is -2.24. The SMILES string of the molecule is CO[C@@H](C(=O)N[C@@H](CCN(C)C)c1ccc(C)cc1)c1ccccc1. The van der Waals surface area contributed by atoms with E-state index in [1.165, 1.54) is 5.56 Å². The first kappa shape index (κ1) is 19.2. The normalized spacial score (nSPS) is 13.5. The monoisotopic (exact) mass is 340 g/mol. The van der Waals surface area contributed by atoms with Crippen LogP contribution < -0.4 is 5.32 Å². The number of benzene rings is 2. The molecular weight excluding hydrogens is 312 g/mol. The minimum absolute atomic E-state index is 0.0446. The van der Waals surface area contributed by atoms with Crippen LogP contribution in [0.25, 0.3) is 0 Å². The molecule has 0 aliphatic carbocycles. The minimum atomic E-state index is -0.603. The fourth-order valence-corrected chi connectivity index (χ4v) is 2.78. The van der Waals surface area contributed by atoms with E-state index in [-0.39, 0.29) is 11.9 Å². The molecule has 0 saturated heterocycles. The molecule has 0 spiro atoms. The van der Waals surface area contributed by atoms with Crippen molar-refractivity contribution in [3.05, 3.63) is 71.3 Å².